The molecule has 2 heterocycles. The number of hydrogen-bond donors (Lipinski definition) is 1. The molecule has 0 spiro atoms. The summed E-state index contributed by atoms with van der Waals surface area (Å²) in [5.41, 5.74) is 2.06. The molecule has 26 heavy (non-hydrogen) atoms. The smallest absolute Gasteiger partial charge is 0.238 e. The largest absolute Gasteiger partial charge is 0.334 e. The Morgan fingerprint density at radius 1 is 1.08 bits per heavy atom. The Morgan fingerprint density at radius 2 is 1.77 bits per heavy atom. The minimum Gasteiger partial charge on any atom is -0.334 e. The van der Waals surface area contributed by atoms with E-state index < -0.39 is 0 Å². The van der Waals surface area contributed by atoms with Crippen LogP contribution >= 0.6 is 0 Å². The number of imidazole rings is 1. The Morgan fingerprint density at radius 3 is 2.46 bits per heavy atom. The number of benzene rings is 1. The zero-order valence-electron chi connectivity index (χ0n) is 15.8. The minimum absolute atomic E-state index is 0.0632. The third kappa shape index (κ3) is 5.16. The van der Waals surface area contributed by atoms with Crippen molar-refractivity contribution in [1.82, 2.24) is 19.4 Å². The van der Waals surface area contributed by atoms with Crippen molar-refractivity contribution in [2.45, 2.75) is 26.8 Å². The van der Waals surface area contributed by atoms with Gasteiger partial charge in [-0.1, -0.05) is 24.6 Å². The molecule has 3 rings (SSSR count). The van der Waals surface area contributed by atoms with E-state index in [2.05, 4.69) is 37.8 Å². The molecule has 1 aliphatic heterocycles. The molecule has 0 aliphatic carbocycles. The molecule has 0 radical (unpaired) electrons. The van der Waals surface area contributed by atoms with E-state index in [-0.39, 0.29) is 5.91 Å². The standard InChI is InChI=1S/C20H29N5O/c1-3-19-21-8-9-25(19)15-14-23-10-12-24(13-11-23)16-20(26)22-18-6-4-17(2)5-7-18/h4-9H,3,10-16H2,1-2H3,(H,22,26). The highest BCUT2D eigenvalue weighted by Crippen LogP contribution is 2.09. The van der Waals surface area contributed by atoms with Gasteiger partial charge in [0.2, 0.25) is 5.91 Å². The van der Waals surface area contributed by atoms with Gasteiger partial charge >= 0.3 is 0 Å². The maximum atomic E-state index is 12.2. The lowest BCUT2D eigenvalue weighted by Gasteiger charge is -2.34. The number of carbonyl (C=O) groups is 1. The van der Waals surface area contributed by atoms with Crippen LogP contribution in [0.1, 0.15) is 18.3 Å². The number of carbonyl (C=O) groups excluding carboxylic acids is 1. The van der Waals surface area contributed by atoms with Crippen LogP contribution in [0, 0.1) is 6.92 Å². The van der Waals surface area contributed by atoms with Crippen molar-refractivity contribution in [1.29, 1.82) is 0 Å². The molecular formula is C20H29N5O. The monoisotopic (exact) mass is 355 g/mol. The molecule has 1 saturated heterocycles. The van der Waals surface area contributed by atoms with Crippen molar-refractivity contribution in [2.75, 3.05) is 44.6 Å². The fraction of sp³-hybridized carbons (Fsp3) is 0.500. The average molecular weight is 355 g/mol. The van der Waals surface area contributed by atoms with E-state index >= 15 is 0 Å². The topological polar surface area (TPSA) is 53.4 Å². The van der Waals surface area contributed by atoms with E-state index in [1.807, 2.05) is 37.4 Å². The molecule has 1 aliphatic rings. The summed E-state index contributed by atoms with van der Waals surface area (Å²) in [6.07, 6.45) is 4.91. The zero-order valence-corrected chi connectivity index (χ0v) is 15.8. The zero-order chi connectivity index (χ0) is 18.4. The second-order valence-electron chi connectivity index (χ2n) is 6.92. The summed E-state index contributed by atoms with van der Waals surface area (Å²) >= 11 is 0. The Labute approximate surface area is 155 Å². The first kappa shape index (κ1) is 18.6. The quantitative estimate of drug-likeness (QED) is 0.825. The third-order valence-electron chi connectivity index (χ3n) is 4.94. The van der Waals surface area contributed by atoms with Gasteiger partial charge in [-0.05, 0) is 19.1 Å². The summed E-state index contributed by atoms with van der Waals surface area (Å²) in [5, 5.41) is 2.98. The van der Waals surface area contributed by atoms with Crippen molar-refractivity contribution >= 4 is 11.6 Å². The van der Waals surface area contributed by atoms with Crippen LogP contribution in [-0.4, -0.2) is 64.5 Å². The van der Waals surface area contributed by atoms with Crippen LogP contribution < -0.4 is 5.32 Å². The van der Waals surface area contributed by atoms with Gasteiger partial charge in [0.25, 0.3) is 0 Å². The van der Waals surface area contributed by atoms with Gasteiger partial charge in [0, 0.05) is 63.8 Å². The Balaban J connectivity index is 1.38. The molecule has 0 saturated carbocycles. The molecule has 0 atom stereocenters. The SMILES string of the molecule is CCc1nccn1CCN1CCN(CC(=O)Nc2ccc(C)cc2)CC1. The van der Waals surface area contributed by atoms with Gasteiger partial charge in [-0.15, -0.1) is 0 Å². The van der Waals surface area contributed by atoms with Crippen LogP contribution in [0.2, 0.25) is 0 Å². The Kier molecular flexibility index (Phi) is 6.41. The van der Waals surface area contributed by atoms with E-state index in [0.29, 0.717) is 6.54 Å². The fourth-order valence-electron chi connectivity index (χ4n) is 3.32. The third-order valence-corrected chi connectivity index (χ3v) is 4.94. The van der Waals surface area contributed by atoms with E-state index in [9.17, 15) is 4.79 Å². The van der Waals surface area contributed by atoms with Gasteiger partial charge in [0.1, 0.15) is 5.82 Å². The molecule has 1 amide bonds. The summed E-state index contributed by atoms with van der Waals surface area (Å²) in [6, 6.07) is 7.93. The summed E-state index contributed by atoms with van der Waals surface area (Å²) in [7, 11) is 0. The van der Waals surface area contributed by atoms with Crippen LogP contribution in [0.25, 0.3) is 0 Å². The lowest BCUT2D eigenvalue weighted by molar-refractivity contribution is -0.117. The molecule has 1 aromatic heterocycles. The van der Waals surface area contributed by atoms with Gasteiger partial charge < -0.3 is 9.88 Å². The minimum atomic E-state index is 0.0632. The van der Waals surface area contributed by atoms with Crippen LogP contribution in [0.3, 0.4) is 0 Å². The summed E-state index contributed by atoms with van der Waals surface area (Å²) in [4.78, 5) is 21.3. The number of rotatable bonds is 7. The van der Waals surface area contributed by atoms with Crippen molar-refractivity contribution in [3.05, 3.63) is 48.0 Å². The predicted octanol–water partition coefficient (Wildman–Crippen LogP) is 2.01. The first-order valence-electron chi connectivity index (χ1n) is 9.45. The molecular weight excluding hydrogens is 326 g/mol. The van der Waals surface area contributed by atoms with Crippen LogP contribution in [0.15, 0.2) is 36.7 Å². The van der Waals surface area contributed by atoms with Crippen molar-refractivity contribution in [3.63, 3.8) is 0 Å². The van der Waals surface area contributed by atoms with Crippen LogP contribution in [0.5, 0.6) is 0 Å². The van der Waals surface area contributed by atoms with Crippen molar-refractivity contribution in [2.24, 2.45) is 0 Å². The molecule has 1 aromatic carbocycles. The maximum Gasteiger partial charge on any atom is 0.238 e. The lowest BCUT2D eigenvalue weighted by Crippen LogP contribution is -2.49. The van der Waals surface area contributed by atoms with Gasteiger partial charge in [-0.2, -0.15) is 0 Å². The van der Waals surface area contributed by atoms with Crippen molar-refractivity contribution in [3.8, 4) is 0 Å². The van der Waals surface area contributed by atoms with Gasteiger partial charge in [-0.25, -0.2) is 4.98 Å². The highest BCUT2D eigenvalue weighted by atomic mass is 16.2. The number of nitrogens with zero attached hydrogens (tertiary/aromatic N) is 4. The molecule has 0 unspecified atom stereocenters. The molecule has 2 aromatic rings. The molecule has 1 N–H and O–H groups in total. The lowest BCUT2D eigenvalue weighted by atomic mass is 10.2. The number of hydrogen-bond acceptors (Lipinski definition) is 4. The van der Waals surface area contributed by atoms with Crippen LogP contribution in [-0.2, 0) is 17.8 Å². The predicted molar refractivity (Wildman–Crippen MR) is 104 cm³/mol. The second-order valence-corrected chi connectivity index (χ2v) is 6.92. The van der Waals surface area contributed by atoms with E-state index in [0.717, 1.165) is 57.2 Å². The summed E-state index contributed by atoms with van der Waals surface area (Å²) < 4.78 is 2.24. The number of anilines is 1. The van der Waals surface area contributed by atoms with E-state index in [1.165, 1.54) is 5.56 Å². The maximum absolute atomic E-state index is 12.2. The van der Waals surface area contributed by atoms with Crippen LogP contribution in [0.4, 0.5) is 5.69 Å². The molecule has 6 nitrogen and oxygen atoms in total. The Bertz CT molecular complexity index is 701. The van der Waals surface area contributed by atoms with E-state index in [4.69, 9.17) is 0 Å². The number of aryl methyl sites for hydroxylation is 2. The first-order valence-corrected chi connectivity index (χ1v) is 9.45. The molecule has 1 fully saturated rings. The number of nitrogens with one attached hydrogen (secondary N) is 1. The Hall–Kier alpha value is -2.18. The molecule has 6 heteroatoms. The summed E-state index contributed by atoms with van der Waals surface area (Å²) in [5.74, 6) is 1.21. The molecule has 140 valence electrons. The summed E-state index contributed by atoms with van der Waals surface area (Å²) in [6.45, 7) is 10.5. The van der Waals surface area contributed by atoms with Gasteiger partial charge in [0.15, 0.2) is 0 Å². The fourth-order valence-corrected chi connectivity index (χ4v) is 3.32. The second kappa shape index (κ2) is 8.96. The highest BCUT2D eigenvalue weighted by Gasteiger charge is 2.19. The number of amides is 1. The number of aromatic nitrogens is 2. The van der Waals surface area contributed by atoms with E-state index in [1.54, 1.807) is 0 Å². The van der Waals surface area contributed by atoms with Gasteiger partial charge in [0.05, 0.1) is 6.54 Å². The first-order chi connectivity index (χ1) is 12.6. The van der Waals surface area contributed by atoms with Crippen molar-refractivity contribution < 1.29 is 4.79 Å². The molecule has 0 bridgehead atoms. The van der Waals surface area contributed by atoms with Gasteiger partial charge in [-0.3, -0.25) is 14.6 Å². The average Bonchev–Trinajstić information content (AvgIpc) is 3.10. The number of piperazine rings is 1. The highest BCUT2D eigenvalue weighted by molar-refractivity contribution is 5.92. The normalized spacial score (nSPS) is 15.9.